The standard InChI is InChI=1S/C12H16FIN4S/c1-17(2)9(6-15)5-8-3-4-11-10(12(8)13)7-16-18(11)19-14/h3-4,7,9H,5-6,15H2,1-2H3/t9-/m0/s1. The van der Waals surface area contributed by atoms with Crippen molar-refractivity contribution in [1.82, 2.24) is 14.1 Å². The van der Waals surface area contributed by atoms with Gasteiger partial charge in [0.25, 0.3) is 0 Å². The van der Waals surface area contributed by atoms with Crippen LogP contribution < -0.4 is 5.73 Å². The van der Waals surface area contributed by atoms with Crippen molar-refractivity contribution in [3.8, 4) is 0 Å². The highest BCUT2D eigenvalue weighted by Gasteiger charge is 2.16. The molecular formula is C12H16FIN4S. The van der Waals surface area contributed by atoms with E-state index in [9.17, 15) is 4.39 Å². The molecule has 0 fully saturated rings. The maximum absolute atomic E-state index is 14.5. The second kappa shape index (κ2) is 6.38. The van der Waals surface area contributed by atoms with Gasteiger partial charge in [-0.25, -0.2) is 4.39 Å². The molecule has 2 aromatic rings. The van der Waals surface area contributed by atoms with Crippen molar-refractivity contribution in [1.29, 1.82) is 0 Å². The van der Waals surface area contributed by atoms with Crippen LogP contribution in [0.4, 0.5) is 4.39 Å². The van der Waals surface area contributed by atoms with Gasteiger partial charge in [-0.3, -0.25) is 0 Å². The van der Waals surface area contributed by atoms with Gasteiger partial charge in [0.15, 0.2) is 0 Å². The van der Waals surface area contributed by atoms with Gasteiger partial charge in [0.05, 0.1) is 17.1 Å². The summed E-state index contributed by atoms with van der Waals surface area (Å²) >= 11 is 2.12. The van der Waals surface area contributed by atoms with E-state index in [0.29, 0.717) is 23.9 Å². The molecule has 2 N–H and O–H groups in total. The molecule has 0 saturated heterocycles. The molecule has 0 spiro atoms. The lowest BCUT2D eigenvalue weighted by Gasteiger charge is -2.22. The molecule has 19 heavy (non-hydrogen) atoms. The Morgan fingerprint density at radius 2 is 2.26 bits per heavy atom. The smallest absolute Gasteiger partial charge is 0.137 e. The Labute approximate surface area is 128 Å². The number of nitrogens with two attached hydrogens (primary N) is 1. The minimum atomic E-state index is -0.186. The van der Waals surface area contributed by atoms with Crippen molar-refractivity contribution in [2.75, 3.05) is 20.6 Å². The Hall–Kier alpha value is -0.380. The first-order valence-electron chi connectivity index (χ1n) is 5.89. The predicted octanol–water partition coefficient (Wildman–Crippen LogP) is 2.45. The van der Waals surface area contributed by atoms with Crippen LogP contribution >= 0.6 is 30.3 Å². The zero-order valence-electron chi connectivity index (χ0n) is 10.8. The van der Waals surface area contributed by atoms with Crippen LogP contribution in [-0.2, 0) is 6.42 Å². The Kier molecular flexibility index (Phi) is 5.04. The Bertz CT molecular complexity index is 572. The van der Waals surface area contributed by atoms with Crippen molar-refractivity contribution in [2.24, 2.45) is 5.73 Å². The van der Waals surface area contributed by atoms with Gasteiger partial charge in [-0.2, -0.15) is 9.19 Å². The first-order chi connectivity index (χ1) is 9.08. The summed E-state index contributed by atoms with van der Waals surface area (Å²) in [7, 11) is 5.34. The quantitative estimate of drug-likeness (QED) is 0.792. The van der Waals surface area contributed by atoms with E-state index in [1.807, 2.05) is 31.1 Å². The largest absolute Gasteiger partial charge is 0.329 e. The molecule has 104 valence electrons. The number of likely N-dealkylation sites (N-methyl/N-ethyl adjacent to an activating group) is 1. The number of rotatable bonds is 5. The first-order valence-corrected chi connectivity index (χ1v) is 9.20. The highest BCUT2D eigenvalue weighted by Crippen LogP contribution is 2.26. The summed E-state index contributed by atoms with van der Waals surface area (Å²) in [4.78, 5) is 2.02. The number of aromatic nitrogens is 2. The van der Waals surface area contributed by atoms with Crippen LogP contribution in [0.2, 0.25) is 0 Å². The molecule has 0 saturated carbocycles. The maximum atomic E-state index is 14.5. The Morgan fingerprint density at radius 3 is 2.84 bits per heavy atom. The van der Waals surface area contributed by atoms with E-state index in [-0.39, 0.29) is 11.9 Å². The summed E-state index contributed by atoms with van der Waals surface area (Å²) in [5.41, 5.74) is 7.22. The second-order valence-electron chi connectivity index (χ2n) is 4.62. The van der Waals surface area contributed by atoms with Gasteiger partial charge in [-0.1, -0.05) is 6.07 Å². The minimum absolute atomic E-state index is 0.140. The third kappa shape index (κ3) is 3.04. The van der Waals surface area contributed by atoms with Gasteiger partial charge in [0.2, 0.25) is 0 Å². The maximum Gasteiger partial charge on any atom is 0.137 e. The van der Waals surface area contributed by atoms with Gasteiger partial charge in [0, 0.05) is 42.9 Å². The van der Waals surface area contributed by atoms with Gasteiger partial charge < -0.3 is 10.6 Å². The molecule has 1 aromatic heterocycles. The fourth-order valence-electron chi connectivity index (χ4n) is 2.03. The zero-order chi connectivity index (χ0) is 14.0. The van der Waals surface area contributed by atoms with Crippen LogP contribution in [0.3, 0.4) is 0 Å². The van der Waals surface area contributed by atoms with Gasteiger partial charge in [-0.05, 0) is 32.1 Å². The van der Waals surface area contributed by atoms with Crippen molar-refractivity contribution in [2.45, 2.75) is 12.5 Å². The van der Waals surface area contributed by atoms with Crippen molar-refractivity contribution in [3.63, 3.8) is 0 Å². The molecular weight excluding hydrogens is 378 g/mol. The van der Waals surface area contributed by atoms with Crippen LogP contribution in [-0.4, -0.2) is 40.8 Å². The van der Waals surface area contributed by atoms with Gasteiger partial charge >= 0.3 is 0 Å². The lowest BCUT2D eigenvalue weighted by Crippen LogP contribution is -2.37. The molecule has 1 heterocycles. The highest BCUT2D eigenvalue weighted by atomic mass is 127. The van der Waals surface area contributed by atoms with E-state index in [2.05, 4.69) is 26.3 Å². The van der Waals surface area contributed by atoms with E-state index >= 15 is 0 Å². The predicted molar refractivity (Wildman–Crippen MR) is 86.9 cm³/mol. The molecule has 0 unspecified atom stereocenters. The highest BCUT2D eigenvalue weighted by molar-refractivity contribution is 14.2. The number of halogens is 2. The summed E-state index contributed by atoms with van der Waals surface area (Å²) in [5, 5.41) is 4.71. The molecule has 7 heteroatoms. The topological polar surface area (TPSA) is 47.1 Å². The van der Waals surface area contributed by atoms with Crippen LogP contribution in [0.15, 0.2) is 18.3 Å². The molecule has 4 nitrogen and oxygen atoms in total. The fraction of sp³-hybridized carbons (Fsp3) is 0.417. The van der Waals surface area contributed by atoms with E-state index in [1.165, 1.54) is 9.12 Å². The van der Waals surface area contributed by atoms with Crippen LogP contribution in [0.1, 0.15) is 5.56 Å². The first kappa shape index (κ1) is 15.0. The third-order valence-corrected chi connectivity index (χ3v) is 4.80. The minimum Gasteiger partial charge on any atom is -0.329 e. The van der Waals surface area contributed by atoms with Crippen LogP contribution in [0.25, 0.3) is 10.9 Å². The lowest BCUT2D eigenvalue weighted by atomic mass is 10.0. The van der Waals surface area contributed by atoms with Gasteiger partial charge in [-0.15, -0.1) is 0 Å². The summed E-state index contributed by atoms with van der Waals surface area (Å²) in [6.07, 6.45) is 2.18. The molecule has 0 aliphatic carbocycles. The second-order valence-corrected chi connectivity index (χ2v) is 6.28. The molecule has 1 aromatic carbocycles. The zero-order valence-corrected chi connectivity index (χ0v) is 13.8. The van der Waals surface area contributed by atoms with Gasteiger partial charge in [0.1, 0.15) is 5.82 Å². The molecule has 0 aliphatic rings. The summed E-state index contributed by atoms with van der Waals surface area (Å²) in [6.45, 7) is 0.507. The number of nitrogens with zero attached hydrogens (tertiary/aromatic N) is 3. The molecule has 0 aliphatic heterocycles. The van der Waals surface area contributed by atoms with Crippen LogP contribution in [0, 0.1) is 5.82 Å². The fourth-order valence-corrected chi connectivity index (χ4v) is 3.29. The Balaban J connectivity index is 2.37. The molecule has 0 amide bonds. The summed E-state index contributed by atoms with van der Waals surface area (Å²) in [6, 6.07) is 3.88. The average Bonchev–Trinajstić information content (AvgIpc) is 2.81. The third-order valence-electron chi connectivity index (χ3n) is 3.26. The summed E-state index contributed by atoms with van der Waals surface area (Å²) < 4.78 is 16.2. The van der Waals surface area contributed by atoms with Crippen molar-refractivity contribution >= 4 is 41.2 Å². The van der Waals surface area contributed by atoms with Crippen LogP contribution in [0.5, 0.6) is 0 Å². The van der Waals surface area contributed by atoms with E-state index in [4.69, 9.17) is 5.73 Å². The molecule has 0 bridgehead atoms. The van der Waals surface area contributed by atoms with E-state index < -0.39 is 0 Å². The molecule has 0 radical (unpaired) electrons. The monoisotopic (exact) mass is 394 g/mol. The Morgan fingerprint density at radius 1 is 1.53 bits per heavy atom. The van der Waals surface area contributed by atoms with E-state index in [1.54, 1.807) is 10.3 Å². The molecule has 1 atom stereocenters. The SMILES string of the molecule is CN(C)[C@H](CN)Cc1ccc2c(cnn2SI)c1F. The number of hydrogen-bond donors (Lipinski definition) is 1. The number of fused-ring (bicyclic) bond motifs is 1. The molecule has 2 rings (SSSR count). The number of benzene rings is 1. The van der Waals surface area contributed by atoms with Crippen molar-refractivity contribution < 1.29 is 4.39 Å². The normalized spacial score (nSPS) is 13.4. The van der Waals surface area contributed by atoms with E-state index in [0.717, 1.165) is 5.52 Å². The van der Waals surface area contributed by atoms with Crippen molar-refractivity contribution in [3.05, 3.63) is 29.7 Å². The number of hydrogen-bond acceptors (Lipinski definition) is 4. The summed E-state index contributed by atoms with van der Waals surface area (Å²) in [5.74, 6) is -0.186. The lowest BCUT2D eigenvalue weighted by molar-refractivity contribution is 0.296. The average molecular weight is 394 g/mol.